The molecule has 5 nitrogen and oxygen atoms in total. The van der Waals surface area contributed by atoms with Gasteiger partial charge >= 0.3 is 0 Å². The molecule has 21 heavy (non-hydrogen) atoms. The molecule has 0 amide bonds. The van der Waals surface area contributed by atoms with Crippen LogP contribution in [0.5, 0.6) is 5.75 Å². The van der Waals surface area contributed by atoms with E-state index in [1.807, 2.05) is 26.0 Å². The summed E-state index contributed by atoms with van der Waals surface area (Å²) in [6.07, 6.45) is 1.71. The largest absolute Gasteiger partial charge is 0.507 e. The standard InChI is InChI=1S/C16H23N3O2/c1-5-16(6-2,9-17)15-18-14(19-21-15)12-7-10(3)13(20)11(4)8-12/h7-8,20H,5-6,9,17H2,1-4H3. The molecule has 2 aromatic rings. The smallest absolute Gasteiger partial charge is 0.234 e. The molecule has 0 bridgehead atoms. The first-order chi connectivity index (χ1) is 9.97. The molecular weight excluding hydrogens is 266 g/mol. The van der Waals surface area contributed by atoms with E-state index in [0.717, 1.165) is 29.5 Å². The van der Waals surface area contributed by atoms with Crippen LogP contribution < -0.4 is 5.73 Å². The molecule has 5 heteroatoms. The fourth-order valence-corrected chi connectivity index (χ4v) is 2.57. The molecular formula is C16H23N3O2. The van der Waals surface area contributed by atoms with Gasteiger partial charge < -0.3 is 15.4 Å². The fourth-order valence-electron chi connectivity index (χ4n) is 2.57. The molecule has 3 N–H and O–H groups in total. The van der Waals surface area contributed by atoms with Crippen molar-refractivity contribution in [2.45, 2.75) is 46.0 Å². The SMILES string of the molecule is CCC(CC)(CN)c1nc(-c2cc(C)c(O)c(C)c2)no1. The monoisotopic (exact) mass is 289 g/mol. The highest BCUT2D eigenvalue weighted by atomic mass is 16.5. The number of aromatic nitrogens is 2. The minimum absolute atomic E-state index is 0.258. The zero-order valence-corrected chi connectivity index (χ0v) is 13.1. The first-order valence-electron chi connectivity index (χ1n) is 7.32. The summed E-state index contributed by atoms with van der Waals surface area (Å²) in [5, 5.41) is 13.9. The summed E-state index contributed by atoms with van der Waals surface area (Å²) < 4.78 is 5.46. The third kappa shape index (κ3) is 2.65. The Morgan fingerprint density at radius 2 is 1.76 bits per heavy atom. The van der Waals surface area contributed by atoms with Gasteiger partial charge in [-0.05, 0) is 49.9 Å². The van der Waals surface area contributed by atoms with Crippen LogP contribution in [0.25, 0.3) is 11.4 Å². The zero-order valence-electron chi connectivity index (χ0n) is 13.1. The summed E-state index contributed by atoms with van der Waals surface area (Å²) in [4.78, 5) is 4.54. The highest BCUT2D eigenvalue weighted by Crippen LogP contribution is 2.32. The van der Waals surface area contributed by atoms with E-state index >= 15 is 0 Å². The van der Waals surface area contributed by atoms with Crippen molar-refractivity contribution in [1.82, 2.24) is 10.1 Å². The van der Waals surface area contributed by atoms with E-state index in [2.05, 4.69) is 24.0 Å². The molecule has 0 fully saturated rings. The summed E-state index contributed by atoms with van der Waals surface area (Å²) in [6, 6.07) is 3.72. The Kier molecular flexibility index (Phi) is 4.32. The maximum atomic E-state index is 9.85. The Morgan fingerprint density at radius 3 is 2.24 bits per heavy atom. The van der Waals surface area contributed by atoms with Gasteiger partial charge in [0.25, 0.3) is 0 Å². The topological polar surface area (TPSA) is 85.2 Å². The fraction of sp³-hybridized carbons (Fsp3) is 0.500. The molecule has 2 rings (SSSR count). The van der Waals surface area contributed by atoms with E-state index < -0.39 is 0 Å². The second-order valence-corrected chi connectivity index (χ2v) is 5.57. The Balaban J connectivity index is 2.45. The van der Waals surface area contributed by atoms with Crippen LogP contribution in [0.4, 0.5) is 0 Å². The molecule has 1 heterocycles. The van der Waals surface area contributed by atoms with Crippen LogP contribution in [0.1, 0.15) is 43.7 Å². The van der Waals surface area contributed by atoms with Crippen molar-refractivity contribution in [1.29, 1.82) is 0 Å². The van der Waals surface area contributed by atoms with Crippen molar-refractivity contribution in [3.8, 4) is 17.1 Å². The predicted octanol–water partition coefficient (Wildman–Crippen LogP) is 3.08. The molecule has 1 aromatic carbocycles. The van der Waals surface area contributed by atoms with Gasteiger partial charge in [-0.2, -0.15) is 4.98 Å². The number of rotatable bonds is 5. The summed E-state index contributed by atoms with van der Waals surface area (Å²) in [5.74, 6) is 1.44. The normalized spacial score (nSPS) is 11.9. The molecule has 0 aliphatic heterocycles. The van der Waals surface area contributed by atoms with Crippen LogP contribution in [0.15, 0.2) is 16.7 Å². The van der Waals surface area contributed by atoms with Crippen LogP contribution in [-0.2, 0) is 5.41 Å². The molecule has 0 spiro atoms. The van der Waals surface area contributed by atoms with Crippen molar-refractivity contribution < 1.29 is 9.63 Å². The Bertz CT molecular complexity index is 599. The van der Waals surface area contributed by atoms with Crippen molar-refractivity contribution in [3.05, 3.63) is 29.2 Å². The van der Waals surface area contributed by atoms with Crippen LogP contribution in [0, 0.1) is 13.8 Å². The number of phenols is 1. The van der Waals surface area contributed by atoms with Crippen molar-refractivity contribution in [3.63, 3.8) is 0 Å². The summed E-state index contributed by atoms with van der Waals surface area (Å²) >= 11 is 0. The van der Waals surface area contributed by atoms with Gasteiger partial charge in [0.2, 0.25) is 11.7 Å². The third-order valence-electron chi connectivity index (χ3n) is 4.37. The van der Waals surface area contributed by atoms with Gasteiger partial charge in [-0.15, -0.1) is 0 Å². The molecule has 1 aromatic heterocycles. The molecule has 0 aliphatic rings. The molecule has 0 aliphatic carbocycles. The number of aryl methyl sites for hydroxylation is 2. The second kappa shape index (κ2) is 5.85. The molecule has 114 valence electrons. The van der Waals surface area contributed by atoms with Crippen molar-refractivity contribution in [2.75, 3.05) is 6.54 Å². The minimum Gasteiger partial charge on any atom is -0.507 e. The number of phenolic OH excluding ortho intramolecular Hbond substituents is 1. The van der Waals surface area contributed by atoms with E-state index in [9.17, 15) is 5.11 Å². The Hall–Kier alpha value is -1.88. The Morgan fingerprint density at radius 1 is 1.19 bits per heavy atom. The van der Waals surface area contributed by atoms with Gasteiger partial charge in [0.1, 0.15) is 5.75 Å². The number of nitrogens with zero attached hydrogens (tertiary/aromatic N) is 2. The van der Waals surface area contributed by atoms with Crippen LogP contribution >= 0.6 is 0 Å². The van der Waals surface area contributed by atoms with Crippen LogP contribution in [0.2, 0.25) is 0 Å². The maximum absolute atomic E-state index is 9.85. The van der Waals surface area contributed by atoms with Gasteiger partial charge in [0, 0.05) is 12.1 Å². The molecule has 0 radical (unpaired) electrons. The molecule has 0 saturated carbocycles. The average Bonchev–Trinajstić information content (AvgIpc) is 2.97. The lowest BCUT2D eigenvalue weighted by Gasteiger charge is -2.24. The zero-order chi connectivity index (χ0) is 15.6. The van der Waals surface area contributed by atoms with Gasteiger partial charge in [-0.1, -0.05) is 19.0 Å². The van der Waals surface area contributed by atoms with E-state index in [-0.39, 0.29) is 5.41 Å². The lowest BCUT2D eigenvalue weighted by Crippen LogP contribution is -2.34. The first kappa shape index (κ1) is 15.5. The highest BCUT2D eigenvalue weighted by molar-refractivity contribution is 5.60. The number of nitrogens with two attached hydrogens (primary N) is 1. The third-order valence-corrected chi connectivity index (χ3v) is 4.37. The number of aromatic hydroxyl groups is 1. The summed E-state index contributed by atoms with van der Waals surface area (Å²) in [6.45, 7) is 8.35. The number of benzene rings is 1. The lowest BCUT2D eigenvalue weighted by atomic mass is 9.82. The number of hydrogen-bond acceptors (Lipinski definition) is 5. The Labute approximate surface area is 125 Å². The predicted molar refractivity (Wildman–Crippen MR) is 82.2 cm³/mol. The van der Waals surface area contributed by atoms with Crippen LogP contribution in [0.3, 0.4) is 0 Å². The van der Waals surface area contributed by atoms with Gasteiger partial charge in [-0.25, -0.2) is 0 Å². The van der Waals surface area contributed by atoms with Gasteiger partial charge in [-0.3, -0.25) is 0 Å². The first-order valence-corrected chi connectivity index (χ1v) is 7.32. The van der Waals surface area contributed by atoms with Gasteiger partial charge in [0.15, 0.2) is 0 Å². The van der Waals surface area contributed by atoms with Crippen LogP contribution in [-0.4, -0.2) is 21.8 Å². The highest BCUT2D eigenvalue weighted by Gasteiger charge is 2.33. The number of hydrogen-bond donors (Lipinski definition) is 2. The maximum Gasteiger partial charge on any atom is 0.234 e. The quantitative estimate of drug-likeness (QED) is 0.883. The van der Waals surface area contributed by atoms with E-state index in [1.165, 1.54) is 0 Å². The molecule has 0 atom stereocenters. The summed E-state index contributed by atoms with van der Waals surface area (Å²) in [5.41, 5.74) is 8.10. The minimum atomic E-state index is -0.258. The molecule has 0 unspecified atom stereocenters. The second-order valence-electron chi connectivity index (χ2n) is 5.57. The van der Waals surface area contributed by atoms with E-state index in [4.69, 9.17) is 10.3 Å². The van der Waals surface area contributed by atoms with E-state index in [0.29, 0.717) is 24.0 Å². The van der Waals surface area contributed by atoms with Gasteiger partial charge in [0.05, 0.1) is 5.41 Å². The molecule has 0 saturated heterocycles. The average molecular weight is 289 g/mol. The lowest BCUT2D eigenvalue weighted by molar-refractivity contribution is 0.267. The van der Waals surface area contributed by atoms with Crippen molar-refractivity contribution >= 4 is 0 Å². The van der Waals surface area contributed by atoms with Crippen molar-refractivity contribution in [2.24, 2.45) is 5.73 Å². The summed E-state index contributed by atoms with van der Waals surface area (Å²) in [7, 11) is 0. The van der Waals surface area contributed by atoms with E-state index in [1.54, 1.807) is 0 Å².